The van der Waals surface area contributed by atoms with E-state index in [-0.39, 0.29) is 0 Å². The second-order valence-corrected chi connectivity index (χ2v) is 3.50. The van der Waals surface area contributed by atoms with Crippen molar-refractivity contribution in [1.29, 1.82) is 5.26 Å². The van der Waals surface area contributed by atoms with E-state index in [4.69, 9.17) is 10.00 Å². The number of pyridine rings is 1. The highest BCUT2D eigenvalue weighted by Crippen LogP contribution is 2.01. The lowest BCUT2D eigenvalue weighted by molar-refractivity contribution is 0.144. The molecule has 0 atom stereocenters. The lowest BCUT2D eigenvalue weighted by Gasteiger charge is -2.19. The zero-order valence-corrected chi connectivity index (χ0v) is 9.59. The van der Waals surface area contributed by atoms with Crippen molar-refractivity contribution in [2.24, 2.45) is 0 Å². The minimum absolute atomic E-state index is 0.538. The van der Waals surface area contributed by atoms with Crippen molar-refractivity contribution in [3.05, 3.63) is 30.1 Å². The second kappa shape index (κ2) is 7.80. The van der Waals surface area contributed by atoms with Gasteiger partial charge in [0.05, 0.1) is 18.4 Å². The third-order valence-electron chi connectivity index (χ3n) is 2.26. The molecule has 0 saturated heterocycles. The van der Waals surface area contributed by atoms with Crippen LogP contribution in [0.15, 0.2) is 24.4 Å². The molecule has 4 heteroatoms. The van der Waals surface area contributed by atoms with Crippen LogP contribution in [0, 0.1) is 11.3 Å². The predicted molar refractivity (Wildman–Crippen MR) is 61.6 cm³/mol. The number of ether oxygens (including phenoxy) is 1. The van der Waals surface area contributed by atoms with Gasteiger partial charge in [0.25, 0.3) is 0 Å². The molecule has 0 bridgehead atoms. The molecule has 0 aromatic carbocycles. The molecule has 0 saturated carbocycles. The molecular formula is C12H17N3O. The highest BCUT2D eigenvalue weighted by atomic mass is 16.5. The molecule has 86 valence electrons. The fraction of sp³-hybridized carbons (Fsp3) is 0.500. The zero-order chi connectivity index (χ0) is 11.6. The molecule has 0 radical (unpaired) electrons. The Kier molecular flexibility index (Phi) is 6.16. The molecule has 4 nitrogen and oxygen atoms in total. The molecule has 1 heterocycles. The lowest BCUT2D eigenvalue weighted by Crippen LogP contribution is -2.28. The molecular weight excluding hydrogens is 202 g/mol. The van der Waals surface area contributed by atoms with Gasteiger partial charge in [-0.25, -0.2) is 0 Å². The summed E-state index contributed by atoms with van der Waals surface area (Å²) in [5.41, 5.74) is 1.02. The molecule has 16 heavy (non-hydrogen) atoms. The molecule has 0 amide bonds. The second-order valence-electron chi connectivity index (χ2n) is 3.50. The van der Waals surface area contributed by atoms with Gasteiger partial charge in [-0.05, 0) is 12.1 Å². The first kappa shape index (κ1) is 12.6. The summed E-state index contributed by atoms with van der Waals surface area (Å²) in [5, 5.41) is 8.58. The van der Waals surface area contributed by atoms with E-state index in [1.165, 1.54) is 0 Å². The van der Waals surface area contributed by atoms with Gasteiger partial charge in [0.2, 0.25) is 0 Å². The summed E-state index contributed by atoms with van der Waals surface area (Å²) in [6.45, 7) is 3.04. The summed E-state index contributed by atoms with van der Waals surface area (Å²) >= 11 is 0. The van der Waals surface area contributed by atoms with E-state index in [1.54, 1.807) is 13.3 Å². The van der Waals surface area contributed by atoms with Crippen LogP contribution in [0.1, 0.15) is 12.1 Å². The van der Waals surface area contributed by atoms with E-state index >= 15 is 0 Å². The minimum Gasteiger partial charge on any atom is -0.383 e. The molecule has 1 aromatic heterocycles. The summed E-state index contributed by atoms with van der Waals surface area (Å²) in [7, 11) is 1.68. The number of aromatic nitrogens is 1. The largest absolute Gasteiger partial charge is 0.383 e. The highest BCUT2D eigenvalue weighted by Gasteiger charge is 2.05. The van der Waals surface area contributed by atoms with Gasteiger partial charge in [-0.1, -0.05) is 6.07 Å². The van der Waals surface area contributed by atoms with Gasteiger partial charge in [-0.3, -0.25) is 9.88 Å². The van der Waals surface area contributed by atoms with Crippen molar-refractivity contribution in [3.8, 4) is 6.07 Å². The van der Waals surface area contributed by atoms with Gasteiger partial charge in [0, 0.05) is 39.4 Å². The quantitative estimate of drug-likeness (QED) is 0.696. The Morgan fingerprint density at radius 2 is 2.31 bits per heavy atom. The maximum absolute atomic E-state index is 8.58. The number of methoxy groups -OCH3 is 1. The summed E-state index contributed by atoms with van der Waals surface area (Å²) < 4.78 is 5.05. The van der Waals surface area contributed by atoms with Crippen LogP contribution in [0.25, 0.3) is 0 Å². The normalized spacial score (nSPS) is 10.3. The summed E-state index contributed by atoms with van der Waals surface area (Å²) in [4.78, 5) is 6.44. The van der Waals surface area contributed by atoms with Gasteiger partial charge in [-0.15, -0.1) is 0 Å². The fourth-order valence-corrected chi connectivity index (χ4v) is 1.42. The Morgan fingerprint density at radius 1 is 1.44 bits per heavy atom. The third-order valence-corrected chi connectivity index (χ3v) is 2.26. The SMILES string of the molecule is COCCN(CCC#N)Cc1ccccn1. The average Bonchev–Trinajstić information content (AvgIpc) is 2.34. The molecule has 1 rings (SSSR count). The first-order valence-corrected chi connectivity index (χ1v) is 5.35. The van der Waals surface area contributed by atoms with Crippen LogP contribution in [-0.2, 0) is 11.3 Å². The minimum atomic E-state index is 0.538. The maximum atomic E-state index is 8.58. The van der Waals surface area contributed by atoms with Crippen molar-refractivity contribution < 1.29 is 4.74 Å². The van der Waals surface area contributed by atoms with E-state index in [0.717, 1.165) is 25.3 Å². The zero-order valence-electron chi connectivity index (χ0n) is 9.59. The van der Waals surface area contributed by atoms with Crippen molar-refractivity contribution in [3.63, 3.8) is 0 Å². The summed E-state index contributed by atoms with van der Waals surface area (Å²) in [6.07, 6.45) is 2.32. The topological polar surface area (TPSA) is 49.1 Å². The summed E-state index contributed by atoms with van der Waals surface area (Å²) in [5.74, 6) is 0. The molecule has 0 aliphatic carbocycles. The maximum Gasteiger partial charge on any atom is 0.0635 e. The number of nitrogens with zero attached hydrogens (tertiary/aromatic N) is 3. The highest BCUT2D eigenvalue weighted by molar-refractivity contribution is 5.03. The van der Waals surface area contributed by atoms with Gasteiger partial charge >= 0.3 is 0 Å². The van der Waals surface area contributed by atoms with Crippen molar-refractivity contribution in [1.82, 2.24) is 9.88 Å². The van der Waals surface area contributed by atoms with Crippen LogP contribution in [0.2, 0.25) is 0 Å². The van der Waals surface area contributed by atoms with Crippen LogP contribution in [-0.4, -0.2) is 36.7 Å². The number of hydrogen-bond donors (Lipinski definition) is 0. The number of nitriles is 1. The number of rotatable bonds is 7. The molecule has 0 aliphatic heterocycles. The van der Waals surface area contributed by atoms with Crippen molar-refractivity contribution in [2.45, 2.75) is 13.0 Å². The van der Waals surface area contributed by atoms with Crippen molar-refractivity contribution in [2.75, 3.05) is 26.8 Å². The first-order chi connectivity index (χ1) is 7.86. The van der Waals surface area contributed by atoms with Crippen LogP contribution in [0.4, 0.5) is 0 Å². The van der Waals surface area contributed by atoms with Crippen LogP contribution < -0.4 is 0 Å². The first-order valence-electron chi connectivity index (χ1n) is 5.35. The Hall–Kier alpha value is -1.44. The molecule has 1 aromatic rings. The molecule has 0 N–H and O–H groups in total. The molecule has 0 spiro atoms. The van der Waals surface area contributed by atoms with Gasteiger partial charge < -0.3 is 4.74 Å². The average molecular weight is 219 g/mol. The van der Waals surface area contributed by atoms with E-state index in [1.807, 2.05) is 18.2 Å². The Morgan fingerprint density at radius 3 is 2.94 bits per heavy atom. The van der Waals surface area contributed by atoms with E-state index in [2.05, 4.69) is 16.0 Å². The molecule has 0 unspecified atom stereocenters. The Labute approximate surface area is 96.5 Å². The Bertz CT molecular complexity index is 321. The smallest absolute Gasteiger partial charge is 0.0635 e. The van der Waals surface area contributed by atoms with Crippen LogP contribution >= 0.6 is 0 Å². The van der Waals surface area contributed by atoms with Gasteiger partial charge in [0.15, 0.2) is 0 Å². The third kappa shape index (κ3) is 4.87. The lowest BCUT2D eigenvalue weighted by atomic mass is 10.3. The van der Waals surface area contributed by atoms with Crippen LogP contribution in [0.3, 0.4) is 0 Å². The molecule has 0 aliphatic rings. The van der Waals surface area contributed by atoms with Crippen molar-refractivity contribution >= 4 is 0 Å². The predicted octanol–water partition coefficient (Wildman–Crippen LogP) is 1.44. The Balaban J connectivity index is 2.46. The number of hydrogen-bond acceptors (Lipinski definition) is 4. The fourth-order valence-electron chi connectivity index (χ4n) is 1.42. The monoisotopic (exact) mass is 219 g/mol. The van der Waals surface area contributed by atoms with E-state index < -0.39 is 0 Å². The standard InChI is InChI=1S/C12H17N3O/c1-16-10-9-15(8-4-6-13)11-12-5-2-3-7-14-12/h2-3,5,7H,4,8-11H2,1H3. The van der Waals surface area contributed by atoms with Gasteiger partial charge in [0.1, 0.15) is 0 Å². The van der Waals surface area contributed by atoms with E-state index in [0.29, 0.717) is 13.0 Å². The van der Waals surface area contributed by atoms with E-state index in [9.17, 15) is 0 Å². The van der Waals surface area contributed by atoms with Gasteiger partial charge in [-0.2, -0.15) is 5.26 Å². The molecule has 0 fully saturated rings. The summed E-state index contributed by atoms with van der Waals surface area (Å²) in [6, 6.07) is 8.02. The van der Waals surface area contributed by atoms with Crippen LogP contribution in [0.5, 0.6) is 0 Å².